The third-order valence-corrected chi connectivity index (χ3v) is 4.24. The molecule has 0 bridgehead atoms. The maximum absolute atomic E-state index is 11.9. The van der Waals surface area contributed by atoms with Crippen LogP contribution in [0, 0.1) is 6.92 Å². The maximum atomic E-state index is 11.9. The van der Waals surface area contributed by atoms with Crippen molar-refractivity contribution >= 4 is 0 Å². The molecule has 0 amide bonds. The van der Waals surface area contributed by atoms with Crippen LogP contribution < -0.4 is 11.2 Å². The van der Waals surface area contributed by atoms with Crippen LogP contribution in [0.4, 0.5) is 0 Å². The molecular weight excluding hydrogens is 304 g/mol. The van der Waals surface area contributed by atoms with Gasteiger partial charge in [0, 0.05) is 24.8 Å². The van der Waals surface area contributed by atoms with Gasteiger partial charge in [0.15, 0.2) is 6.29 Å². The normalized spacial score (nSPS) is 31.4. The van der Waals surface area contributed by atoms with Crippen molar-refractivity contribution in [1.29, 1.82) is 0 Å². The monoisotopic (exact) mass is 326 g/mol. The molecular formula is C15H22N2O6. The molecule has 0 radical (unpaired) electrons. The number of aromatic nitrogens is 2. The summed E-state index contributed by atoms with van der Waals surface area (Å²) in [6.45, 7) is 2.51. The summed E-state index contributed by atoms with van der Waals surface area (Å²) in [6, 6.07) is 0. The maximum Gasteiger partial charge on any atom is 0.330 e. The van der Waals surface area contributed by atoms with Crippen molar-refractivity contribution in [1.82, 2.24) is 9.55 Å². The molecule has 0 aliphatic carbocycles. The lowest BCUT2D eigenvalue weighted by molar-refractivity contribution is -0.185. The smallest absolute Gasteiger partial charge is 0.330 e. The predicted octanol–water partition coefficient (Wildman–Crippen LogP) is 0.0366. The van der Waals surface area contributed by atoms with E-state index in [0.29, 0.717) is 12.2 Å². The van der Waals surface area contributed by atoms with E-state index in [9.17, 15) is 14.7 Å². The van der Waals surface area contributed by atoms with Crippen LogP contribution in [-0.2, 0) is 14.2 Å². The Bertz CT molecular complexity index is 648. The van der Waals surface area contributed by atoms with E-state index in [1.54, 1.807) is 6.92 Å². The van der Waals surface area contributed by atoms with Gasteiger partial charge in [-0.15, -0.1) is 0 Å². The van der Waals surface area contributed by atoms with E-state index in [4.69, 9.17) is 14.2 Å². The molecule has 4 atom stereocenters. The predicted molar refractivity (Wildman–Crippen MR) is 80.1 cm³/mol. The van der Waals surface area contributed by atoms with Gasteiger partial charge in [0.05, 0.1) is 12.7 Å². The summed E-state index contributed by atoms with van der Waals surface area (Å²) in [6.07, 6.45) is 2.53. The van der Waals surface area contributed by atoms with Gasteiger partial charge < -0.3 is 19.3 Å². The number of rotatable bonds is 4. The van der Waals surface area contributed by atoms with E-state index >= 15 is 0 Å². The van der Waals surface area contributed by atoms with Gasteiger partial charge in [0.1, 0.15) is 12.3 Å². The zero-order valence-corrected chi connectivity index (χ0v) is 13.1. The number of aromatic amines is 1. The van der Waals surface area contributed by atoms with E-state index in [1.165, 1.54) is 10.8 Å². The molecule has 23 heavy (non-hydrogen) atoms. The largest absolute Gasteiger partial charge is 0.390 e. The summed E-state index contributed by atoms with van der Waals surface area (Å²) in [7, 11) is 0. The molecule has 2 N–H and O–H groups in total. The number of hydrogen-bond acceptors (Lipinski definition) is 6. The van der Waals surface area contributed by atoms with Crippen LogP contribution in [0.25, 0.3) is 0 Å². The SMILES string of the molecule is Cc1cn([C@H]2C[C@H](O)[C@@H](COC3CCCCO3)O2)c(=O)[nH]c1=O. The van der Waals surface area contributed by atoms with Crippen molar-refractivity contribution in [2.75, 3.05) is 13.2 Å². The van der Waals surface area contributed by atoms with Crippen LogP contribution in [0.1, 0.15) is 37.5 Å². The number of hydrogen-bond donors (Lipinski definition) is 2. The summed E-state index contributed by atoms with van der Waals surface area (Å²) in [5.41, 5.74) is -0.549. The quantitative estimate of drug-likeness (QED) is 0.810. The number of H-pyrrole nitrogens is 1. The fourth-order valence-corrected chi connectivity index (χ4v) is 2.88. The second-order valence-electron chi connectivity index (χ2n) is 6.04. The highest BCUT2D eigenvalue weighted by Gasteiger charge is 2.36. The minimum atomic E-state index is -0.734. The Hall–Kier alpha value is -1.48. The molecule has 3 rings (SSSR count). The number of ether oxygens (including phenoxy) is 3. The summed E-state index contributed by atoms with van der Waals surface area (Å²) in [5.74, 6) is 0. The molecule has 2 aliphatic heterocycles. The number of aryl methyl sites for hydroxylation is 1. The van der Waals surface area contributed by atoms with Crippen LogP contribution in [0.3, 0.4) is 0 Å². The van der Waals surface area contributed by atoms with Gasteiger partial charge in [-0.05, 0) is 26.2 Å². The molecule has 8 nitrogen and oxygen atoms in total. The number of aliphatic hydroxyl groups is 1. The molecule has 1 aromatic rings. The topological polar surface area (TPSA) is 103 Å². The molecule has 1 unspecified atom stereocenters. The third kappa shape index (κ3) is 3.72. The van der Waals surface area contributed by atoms with Crippen LogP contribution in [0.15, 0.2) is 15.8 Å². The highest BCUT2D eigenvalue weighted by molar-refractivity contribution is 5.02. The van der Waals surface area contributed by atoms with Crippen LogP contribution in [-0.4, -0.2) is 46.4 Å². The first-order valence-electron chi connectivity index (χ1n) is 7.93. The molecule has 2 fully saturated rings. The van der Waals surface area contributed by atoms with Gasteiger partial charge in [0.25, 0.3) is 5.56 Å². The van der Waals surface area contributed by atoms with E-state index in [2.05, 4.69) is 4.98 Å². The fraction of sp³-hybridized carbons (Fsp3) is 0.733. The lowest BCUT2D eigenvalue weighted by Crippen LogP contribution is -2.34. The Morgan fingerprint density at radius 2 is 2.26 bits per heavy atom. The highest BCUT2D eigenvalue weighted by Crippen LogP contribution is 2.28. The fourth-order valence-electron chi connectivity index (χ4n) is 2.88. The Balaban J connectivity index is 1.63. The Labute approximate surface area is 133 Å². The second kappa shape index (κ2) is 6.96. The van der Waals surface area contributed by atoms with Gasteiger partial charge in [-0.3, -0.25) is 14.3 Å². The summed E-state index contributed by atoms with van der Waals surface area (Å²) in [4.78, 5) is 25.5. The van der Waals surface area contributed by atoms with Crippen LogP contribution in [0.5, 0.6) is 0 Å². The summed E-state index contributed by atoms with van der Waals surface area (Å²) >= 11 is 0. The first-order chi connectivity index (χ1) is 11.0. The third-order valence-electron chi connectivity index (χ3n) is 4.24. The Morgan fingerprint density at radius 3 is 3.00 bits per heavy atom. The standard InChI is InChI=1S/C15H22N2O6/c1-9-7-17(15(20)16-14(9)19)12-6-10(18)11(23-12)8-22-13-4-2-3-5-21-13/h7,10-13,18H,2-6,8H2,1H3,(H,16,19,20)/t10-,11+,12+,13?/m0/s1. The van der Waals surface area contributed by atoms with Crippen molar-refractivity contribution in [2.24, 2.45) is 0 Å². The number of aliphatic hydroxyl groups excluding tert-OH is 1. The zero-order valence-electron chi connectivity index (χ0n) is 13.1. The summed E-state index contributed by atoms with van der Waals surface area (Å²) in [5, 5.41) is 10.1. The van der Waals surface area contributed by atoms with Crippen LogP contribution >= 0.6 is 0 Å². The average Bonchev–Trinajstić information content (AvgIpc) is 2.91. The Kier molecular flexibility index (Phi) is 4.96. The lowest BCUT2D eigenvalue weighted by atomic mass is 10.2. The molecule has 0 spiro atoms. The van der Waals surface area contributed by atoms with Crippen molar-refractivity contribution in [3.05, 3.63) is 32.6 Å². The Morgan fingerprint density at radius 1 is 1.43 bits per heavy atom. The van der Waals surface area contributed by atoms with Crippen molar-refractivity contribution < 1.29 is 19.3 Å². The van der Waals surface area contributed by atoms with Crippen molar-refractivity contribution in [3.63, 3.8) is 0 Å². The van der Waals surface area contributed by atoms with Crippen molar-refractivity contribution in [2.45, 2.75) is 57.3 Å². The van der Waals surface area contributed by atoms with E-state index in [0.717, 1.165) is 19.3 Å². The molecule has 2 saturated heterocycles. The average molecular weight is 326 g/mol. The molecule has 1 aromatic heterocycles. The molecule has 128 valence electrons. The van der Waals surface area contributed by atoms with E-state index in [-0.39, 0.29) is 19.3 Å². The van der Waals surface area contributed by atoms with E-state index in [1.807, 2.05) is 0 Å². The minimum Gasteiger partial charge on any atom is -0.390 e. The van der Waals surface area contributed by atoms with E-state index < -0.39 is 29.7 Å². The van der Waals surface area contributed by atoms with Crippen molar-refractivity contribution in [3.8, 4) is 0 Å². The first kappa shape index (κ1) is 16.4. The molecule has 0 aromatic carbocycles. The van der Waals surface area contributed by atoms with Gasteiger partial charge in [-0.25, -0.2) is 4.79 Å². The highest BCUT2D eigenvalue weighted by atomic mass is 16.7. The number of nitrogens with one attached hydrogen (secondary N) is 1. The molecule has 2 aliphatic rings. The van der Waals surface area contributed by atoms with Gasteiger partial charge in [-0.1, -0.05) is 0 Å². The molecule has 3 heterocycles. The lowest BCUT2D eigenvalue weighted by Gasteiger charge is -2.24. The van der Waals surface area contributed by atoms with Gasteiger partial charge in [0.2, 0.25) is 0 Å². The summed E-state index contributed by atoms with van der Waals surface area (Å²) < 4.78 is 18.2. The van der Waals surface area contributed by atoms with Gasteiger partial charge >= 0.3 is 5.69 Å². The van der Waals surface area contributed by atoms with Crippen LogP contribution in [0.2, 0.25) is 0 Å². The zero-order chi connectivity index (χ0) is 16.4. The molecule has 8 heteroatoms. The number of nitrogens with zero attached hydrogens (tertiary/aromatic N) is 1. The second-order valence-corrected chi connectivity index (χ2v) is 6.04. The first-order valence-corrected chi connectivity index (χ1v) is 7.93. The van der Waals surface area contributed by atoms with Gasteiger partial charge in [-0.2, -0.15) is 0 Å². The molecule has 0 saturated carbocycles. The minimum absolute atomic E-state index is 0.208.